The summed E-state index contributed by atoms with van der Waals surface area (Å²) in [7, 11) is 0. The number of aliphatic hydroxyl groups excluding tert-OH is 1. The van der Waals surface area contributed by atoms with E-state index in [-0.39, 0.29) is 12.6 Å². The minimum atomic E-state index is -0.0933. The molecule has 0 saturated heterocycles. The fraction of sp³-hybridized carbons (Fsp3) is 0.300. The van der Waals surface area contributed by atoms with Crippen molar-refractivity contribution in [3.63, 3.8) is 0 Å². The molecule has 14 heavy (non-hydrogen) atoms. The summed E-state index contributed by atoms with van der Waals surface area (Å²) in [5.41, 5.74) is 0.973. The molecule has 74 valence electrons. The molecule has 1 heterocycles. The molecule has 1 aliphatic heterocycles. The summed E-state index contributed by atoms with van der Waals surface area (Å²) < 4.78 is 6.55. The van der Waals surface area contributed by atoms with Crippen molar-refractivity contribution in [2.45, 2.75) is 6.04 Å². The van der Waals surface area contributed by atoms with Crippen molar-refractivity contribution in [2.75, 3.05) is 13.2 Å². The molecular weight excluding hydrogens is 293 g/mol. The molecule has 1 unspecified atom stereocenters. The lowest BCUT2D eigenvalue weighted by Crippen LogP contribution is -2.10. The molecule has 0 bridgehead atoms. The Labute approximate surface area is 96.0 Å². The number of hydrogen-bond donors (Lipinski definition) is 1. The van der Waals surface area contributed by atoms with Gasteiger partial charge in [0.25, 0.3) is 0 Å². The Kier molecular flexibility index (Phi) is 3.02. The first-order valence-corrected chi connectivity index (χ1v) is 5.45. The van der Waals surface area contributed by atoms with Crippen LogP contribution in [0.5, 0.6) is 0 Å². The highest BCUT2D eigenvalue weighted by atomic mass is 127. The number of aliphatic imine (C=N–C) groups is 1. The molecule has 4 heteroatoms. The second-order valence-electron chi connectivity index (χ2n) is 3.09. The standard InChI is InChI=1S/C10H10INO2/c11-8-3-1-7(2-4-8)10-12-9(5-13)6-14-10/h1-4,9,13H,5-6H2. The van der Waals surface area contributed by atoms with Gasteiger partial charge in [0, 0.05) is 9.13 Å². The third kappa shape index (κ3) is 2.06. The van der Waals surface area contributed by atoms with E-state index in [1.807, 2.05) is 24.3 Å². The summed E-state index contributed by atoms with van der Waals surface area (Å²) in [5.74, 6) is 0.639. The fourth-order valence-corrected chi connectivity index (χ4v) is 1.62. The first-order chi connectivity index (χ1) is 6.79. The first-order valence-electron chi connectivity index (χ1n) is 4.37. The number of halogens is 1. The van der Waals surface area contributed by atoms with E-state index in [1.54, 1.807) is 0 Å². The van der Waals surface area contributed by atoms with E-state index in [9.17, 15) is 0 Å². The zero-order valence-electron chi connectivity index (χ0n) is 7.48. The summed E-state index contributed by atoms with van der Waals surface area (Å²) in [6.07, 6.45) is 0. The van der Waals surface area contributed by atoms with Crippen molar-refractivity contribution in [3.8, 4) is 0 Å². The van der Waals surface area contributed by atoms with Gasteiger partial charge in [-0.15, -0.1) is 0 Å². The normalized spacial score (nSPS) is 20.4. The largest absolute Gasteiger partial charge is 0.475 e. The zero-order valence-corrected chi connectivity index (χ0v) is 9.64. The van der Waals surface area contributed by atoms with Crippen molar-refractivity contribution in [3.05, 3.63) is 33.4 Å². The lowest BCUT2D eigenvalue weighted by molar-refractivity contribution is 0.227. The van der Waals surface area contributed by atoms with Crippen LogP contribution in [0.15, 0.2) is 29.3 Å². The third-order valence-electron chi connectivity index (χ3n) is 2.01. The molecule has 1 atom stereocenters. The van der Waals surface area contributed by atoms with Gasteiger partial charge in [0.2, 0.25) is 5.90 Å². The molecule has 1 aromatic carbocycles. The van der Waals surface area contributed by atoms with Gasteiger partial charge in [-0.25, -0.2) is 4.99 Å². The second-order valence-corrected chi connectivity index (χ2v) is 4.33. The van der Waals surface area contributed by atoms with Crippen LogP contribution in [0, 0.1) is 3.57 Å². The average molecular weight is 303 g/mol. The van der Waals surface area contributed by atoms with Crippen molar-refractivity contribution in [1.82, 2.24) is 0 Å². The molecule has 0 amide bonds. The molecule has 0 spiro atoms. The van der Waals surface area contributed by atoms with Crippen LogP contribution >= 0.6 is 22.6 Å². The van der Waals surface area contributed by atoms with Gasteiger partial charge >= 0.3 is 0 Å². The number of benzene rings is 1. The van der Waals surface area contributed by atoms with Gasteiger partial charge in [-0.05, 0) is 46.9 Å². The molecule has 1 aromatic rings. The van der Waals surface area contributed by atoms with Crippen LogP contribution in [0.3, 0.4) is 0 Å². The van der Waals surface area contributed by atoms with E-state index in [4.69, 9.17) is 9.84 Å². The smallest absolute Gasteiger partial charge is 0.216 e. The first kappa shape index (κ1) is 9.92. The van der Waals surface area contributed by atoms with Crippen molar-refractivity contribution in [1.29, 1.82) is 0 Å². The topological polar surface area (TPSA) is 41.8 Å². The number of hydrogen-bond acceptors (Lipinski definition) is 3. The molecule has 0 aliphatic carbocycles. The van der Waals surface area contributed by atoms with Crippen LogP contribution in [0.4, 0.5) is 0 Å². The highest BCUT2D eigenvalue weighted by Gasteiger charge is 2.18. The van der Waals surface area contributed by atoms with Crippen LogP contribution in [0.25, 0.3) is 0 Å². The van der Waals surface area contributed by atoms with Crippen molar-refractivity contribution < 1.29 is 9.84 Å². The SMILES string of the molecule is OCC1COC(c2ccc(I)cc2)=N1. The van der Waals surface area contributed by atoms with Crippen molar-refractivity contribution in [2.24, 2.45) is 4.99 Å². The van der Waals surface area contributed by atoms with Crippen LogP contribution in [-0.2, 0) is 4.74 Å². The minimum absolute atomic E-state index is 0.0495. The molecule has 3 nitrogen and oxygen atoms in total. The molecule has 0 fully saturated rings. The summed E-state index contributed by atoms with van der Waals surface area (Å²) in [6.45, 7) is 0.533. The maximum atomic E-state index is 8.89. The van der Waals surface area contributed by atoms with Crippen LogP contribution in [0.2, 0.25) is 0 Å². The summed E-state index contributed by atoms with van der Waals surface area (Å²) >= 11 is 2.25. The van der Waals surface area contributed by atoms with Gasteiger partial charge in [-0.3, -0.25) is 0 Å². The Morgan fingerprint density at radius 1 is 1.43 bits per heavy atom. The number of aliphatic hydroxyl groups is 1. The monoisotopic (exact) mass is 303 g/mol. The minimum Gasteiger partial charge on any atom is -0.475 e. The lowest BCUT2D eigenvalue weighted by atomic mass is 10.2. The van der Waals surface area contributed by atoms with Gasteiger partial charge in [0.15, 0.2) is 0 Å². The van der Waals surface area contributed by atoms with Gasteiger partial charge in [-0.2, -0.15) is 0 Å². The summed E-state index contributed by atoms with van der Waals surface area (Å²) in [4.78, 5) is 4.25. The molecule has 0 saturated carbocycles. The van der Waals surface area contributed by atoms with Gasteiger partial charge in [-0.1, -0.05) is 0 Å². The molecule has 1 N–H and O–H groups in total. The quantitative estimate of drug-likeness (QED) is 0.840. The molecule has 0 radical (unpaired) electrons. The maximum absolute atomic E-state index is 8.89. The lowest BCUT2D eigenvalue weighted by Gasteiger charge is -2.00. The Hall–Kier alpha value is -0.620. The molecular formula is C10H10INO2. The number of rotatable bonds is 2. The van der Waals surface area contributed by atoms with Gasteiger partial charge in [0.05, 0.1) is 6.61 Å². The highest BCUT2D eigenvalue weighted by molar-refractivity contribution is 14.1. The Balaban J connectivity index is 2.20. The third-order valence-corrected chi connectivity index (χ3v) is 2.73. The zero-order chi connectivity index (χ0) is 9.97. The highest BCUT2D eigenvalue weighted by Crippen LogP contribution is 2.13. The molecule has 0 aromatic heterocycles. The number of ether oxygens (including phenoxy) is 1. The van der Waals surface area contributed by atoms with Crippen LogP contribution in [-0.4, -0.2) is 30.3 Å². The van der Waals surface area contributed by atoms with E-state index in [0.717, 1.165) is 5.56 Å². The Bertz CT molecular complexity index is 348. The Morgan fingerprint density at radius 2 is 2.14 bits per heavy atom. The van der Waals surface area contributed by atoms with E-state index >= 15 is 0 Å². The predicted molar refractivity (Wildman–Crippen MR) is 62.5 cm³/mol. The predicted octanol–water partition coefficient (Wildman–Crippen LogP) is 1.43. The van der Waals surface area contributed by atoms with Crippen molar-refractivity contribution >= 4 is 28.5 Å². The summed E-state index contributed by atoms with van der Waals surface area (Å²) in [6, 6.07) is 7.87. The molecule has 1 aliphatic rings. The summed E-state index contributed by atoms with van der Waals surface area (Å²) in [5, 5.41) is 8.89. The molecule has 2 rings (SSSR count). The second kappa shape index (κ2) is 4.27. The average Bonchev–Trinajstić information content (AvgIpc) is 2.67. The van der Waals surface area contributed by atoms with E-state index < -0.39 is 0 Å². The Morgan fingerprint density at radius 3 is 2.71 bits per heavy atom. The van der Waals surface area contributed by atoms with Crippen LogP contribution < -0.4 is 0 Å². The van der Waals surface area contributed by atoms with E-state index in [1.165, 1.54) is 3.57 Å². The fourth-order valence-electron chi connectivity index (χ4n) is 1.26. The maximum Gasteiger partial charge on any atom is 0.216 e. The van der Waals surface area contributed by atoms with Gasteiger partial charge in [0.1, 0.15) is 12.6 Å². The van der Waals surface area contributed by atoms with Crippen LogP contribution in [0.1, 0.15) is 5.56 Å². The van der Waals surface area contributed by atoms with Gasteiger partial charge < -0.3 is 9.84 Å². The van der Waals surface area contributed by atoms with E-state index in [0.29, 0.717) is 12.5 Å². The van der Waals surface area contributed by atoms with E-state index in [2.05, 4.69) is 27.6 Å². The number of nitrogens with zero attached hydrogens (tertiary/aromatic N) is 1.